The third kappa shape index (κ3) is 2.92. The van der Waals surface area contributed by atoms with E-state index in [-0.39, 0.29) is 23.5 Å². The third-order valence-electron chi connectivity index (χ3n) is 8.57. The van der Waals surface area contributed by atoms with E-state index < -0.39 is 40.9 Å². The van der Waals surface area contributed by atoms with Gasteiger partial charge in [0.25, 0.3) is 0 Å². The van der Waals surface area contributed by atoms with Crippen LogP contribution >= 0.6 is 15.9 Å². The largest absolute Gasteiger partial charge is 0.458 e. The van der Waals surface area contributed by atoms with Crippen molar-refractivity contribution in [2.45, 2.75) is 64.6 Å². The lowest BCUT2D eigenvalue weighted by Gasteiger charge is -2.59. The number of aliphatic hydroxyl groups excluding tert-OH is 1. The Morgan fingerprint density at radius 2 is 2.00 bits per heavy atom. The van der Waals surface area contributed by atoms with Crippen molar-refractivity contribution in [1.82, 2.24) is 0 Å². The van der Waals surface area contributed by atoms with Crippen molar-refractivity contribution in [2.75, 3.05) is 6.61 Å². The maximum Gasteiger partial charge on any atom is 0.303 e. The summed E-state index contributed by atoms with van der Waals surface area (Å²) in [6.07, 6.45) is 5.79. The standard InChI is InChI=1S/C23H29BrO6/c1-12(25)30-11-19(28)23(29)7-6-15-14-5-4-13-8-17(26)16(24)9-21(13,2)20(14)18(27)10-22(15,23)3/h8-9,14-15,18,20,27,29H,4-7,10-11H2,1-3H3/t14-,15-,18-,20+,21-,22-,23-/m0/s1. The molecule has 0 aromatic rings. The van der Waals surface area contributed by atoms with Gasteiger partial charge in [-0.15, -0.1) is 0 Å². The average Bonchev–Trinajstić information content (AvgIpc) is 2.92. The highest BCUT2D eigenvalue weighted by atomic mass is 79.9. The fourth-order valence-corrected chi connectivity index (χ4v) is 7.72. The van der Waals surface area contributed by atoms with E-state index in [1.807, 2.05) is 13.0 Å². The predicted molar refractivity (Wildman–Crippen MR) is 112 cm³/mol. The van der Waals surface area contributed by atoms with Gasteiger partial charge in [-0.05, 0) is 65.9 Å². The number of ketones is 2. The first-order chi connectivity index (χ1) is 13.9. The second kappa shape index (κ2) is 7.10. The molecule has 3 fully saturated rings. The van der Waals surface area contributed by atoms with Crippen LogP contribution in [0.25, 0.3) is 0 Å². The monoisotopic (exact) mass is 480 g/mol. The third-order valence-corrected chi connectivity index (χ3v) is 9.19. The van der Waals surface area contributed by atoms with Crippen molar-refractivity contribution in [3.05, 3.63) is 22.2 Å². The molecule has 6 nitrogen and oxygen atoms in total. The molecule has 0 heterocycles. The molecule has 4 aliphatic carbocycles. The molecule has 0 aromatic carbocycles. The number of Topliss-reactive ketones (excluding diaryl/α,β-unsaturated/α-hetero) is 1. The van der Waals surface area contributed by atoms with Crippen molar-refractivity contribution in [2.24, 2.45) is 28.6 Å². The Kier molecular flexibility index (Phi) is 5.19. The summed E-state index contributed by atoms with van der Waals surface area (Å²) in [5, 5.41) is 22.8. The van der Waals surface area contributed by atoms with Crippen molar-refractivity contribution in [3.63, 3.8) is 0 Å². The Morgan fingerprint density at radius 3 is 2.67 bits per heavy atom. The van der Waals surface area contributed by atoms with Crippen LogP contribution in [0.5, 0.6) is 0 Å². The Morgan fingerprint density at radius 1 is 1.30 bits per heavy atom. The van der Waals surface area contributed by atoms with E-state index in [1.165, 1.54) is 6.92 Å². The van der Waals surface area contributed by atoms with E-state index in [0.29, 0.717) is 23.7 Å². The number of allylic oxidation sites excluding steroid dienone is 4. The molecule has 0 saturated heterocycles. The topological polar surface area (TPSA) is 101 Å². The van der Waals surface area contributed by atoms with Crippen LogP contribution < -0.4 is 0 Å². The van der Waals surface area contributed by atoms with Gasteiger partial charge in [0.05, 0.1) is 10.6 Å². The van der Waals surface area contributed by atoms with Crippen LogP contribution in [-0.2, 0) is 19.1 Å². The molecular weight excluding hydrogens is 452 g/mol. The van der Waals surface area contributed by atoms with Gasteiger partial charge in [0.1, 0.15) is 5.60 Å². The first kappa shape index (κ1) is 21.9. The van der Waals surface area contributed by atoms with Gasteiger partial charge in [-0.2, -0.15) is 0 Å². The van der Waals surface area contributed by atoms with Gasteiger partial charge in [-0.3, -0.25) is 14.4 Å². The number of rotatable bonds is 3. The molecule has 7 atom stereocenters. The van der Waals surface area contributed by atoms with Crippen LogP contribution in [0.15, 0.2) is 22.2 Å². The summed E-state index contributed by atoms with van der Waals surface area (Å²) in [4.78, 5) is 36.2. The lowest BCUT2D eigenvalue weighted by Crippen LogP contribution is -2.61. The molecule has 2 N–H and O–H groups in total. The zero-order valence-electron chi connectivity index (χ0n) is 17.6. The van der Waals surface area contributed by atoms with E-state index in [2.05, 4.69) is 22.9 Å². The van der Waals surface area contributed by atoms with Crippen molar-refractivity contribution >= 4 is 33.5 Å². The molecule has 0 aliphatic heterocycles. The minimum absolute atomic E-state index is 0.0395. The van der Waals surface area contributed by atoms with Crippen LogP contribution in [0.3, 0.4) is 0 Å². The number of ether oxygens (including phenoxy) is 1. The van der Waals surface area contributed by atoms with Gasteiger partial charge in [0, 0.05) is 23.7 Å². The smallest absolute Gasteiger partial charge is 0.303 e. The quantitative estimate of drug-likeness (QED) is 0.602. The van der Waals surface area contributed by atoms with Gasteiger partial charge in [0.2, 0.25) is 5.78 Å². The number of aliphatic hydroxyl groups is 2. The van der Waals surface area contributed by atoms with E-state index in [1.54, 1.807) is 6.08 Å². The Hall–Kier alpha value is -1.31. The second-order valence-electron chi connectivity index (χ2n) is 9.93. The number of halogens is 1. The van der Waals surface area contributed by atoms with E-state index in [4.69, 9.17) is 4.74 Å². The van der Waals surface area contributed by atoms with Crippen molar-refractivity contribution < 1.29 is 29.3 Å². The summed E-state index contributed by atoms with van der Waals surface area (Å²) in [6, 6.07) is 0. The average molecular weight is 481 g/mol. The van der Waals surface area contributed by atoms with Crippen LogP contribution in [0.1, 0.15) is 52.9 Å². The number of hydrogen-bond donors (Lipinski definition) is 2. The summed E-state index contributed by atoms with van der Waals surface area (Å²) in [7, 11) is 0. The van der Waals surface area contributed by atoms with Gasteiger partial charge in [-0.25, -0.2) is 0 Å². The molecule has 164 valence electrons. The van der Waals surface area contributed by atoms with Crippen LogP contribution in [0.4, 0.5) is 0 Å². The zero-order chi connectivity index (χ0) is 22.1. The summed E-state index contributed by atoms with van der Waals surface area (Å²) in [5.74, 6) is -0.966. The second-order valence-corrected chi connectivity index (χ2v) is 10.8. The van der Waals surface area contributed by atoms with Gasteiger partial charge >= 0.3 is 5.97 Å². The number of esters is 1. The molecule has 0 radical (unpaired) electrons. The predicted octanol–water partition coefficient (Wildman–Crippen LogP) is 2.85. The minimum atomic E-state index is -1.62. The number of fused-ring (bicyclic) bond motifs is 5. The molecule has 0 unspecified atom stereocenters. The van der Waals surface area contributed by atoms with Crippen LogP contribution in [0.2, 0.25) is 0 Å². The molecule has 0 bridgehead atoms. The molecule has 0 spiro atoms. The minimum Gasteiger partial charge on any atom is -0.458 e. The van der Waals surface area contributed by atoms with E-state index in [9.17, 15) is 24.6 Å². The Balaban J connectivity index is 1.68. The van der Waals surface area contributed by atoms with E-state index >= 15 is 0 Å². The van der Waals surface area contributed by atoms with Crippen molar-refractivity contribution in [3.8, 4) is 0 Å². The SMILES string of the molecule is CC(=O)OCC(=O)[C@@]1(O)CC[C@H]2[C@@H]3CCC4=CC(=O)C(Br)=C[C@]4(C)[C@H]3[C@@H](O)C[C@@]21C. The maximum absolute atomic E-state index is 12.9. The summed E-state index contributed by atoms with van der Waals surface area (Å²) in [6.45, 7) is 4.78. The van der Waals surface area contributed by atoms with Crippen LogP contribution in [-0.4, -0.2) is 46.1 Å². The molecular formula is C23H29BrO6. The lowest BCUT2D eigenvalue weighted by molar-refractivity contribution is -0.181. The highest BCUT2D eigenvalue weighted by molar-refractivity contribution is 9.12. The maximum atomic E-state index is 12.9. The van der Waals surface area contributed by atoms with Crippen molar-refractivity contribution in [1.29, 1.82) is 0 Å². The summed E-state index contributed by atoms with van der Waals surface area (Å²) in [5.41, 5.74) is -1.78. The highest BCUT2D eigenvalue weighted by Crippen LogP contribution is 2.67. The van der Waals surface area contributed by atoms with Gasteiger partial charge in [0.15, 0.2) is 12.4 Å². The fourth-order valence-electron chi connectivity index (χ4n) is 7.13. The van der Waals surface area contributed by atoms with E-state index in [0.717, 1.165) is 18.4 Å². The highest BCUT2D eigenvalue weighted by Gasteiger charge is 2.68. The summed E-state index contributed by atoms with van der Waals surface area (Å²) < 4.78 is 5.41. The fraction of sp³-hybridized carbons (Fsp3) is 0.696. The number of carbonyl (C=O) groups is 3. The first-order valence-corrected chi connectivity index (χ1v) is 11.4. The molecule has 4 rings (SSSR count). The van der Waals surface area contributed by atoms with Gasteiger partial charge in [-0.1, -0.05) is 25.5 Å². The normalized spacial score (nSPS) is 44.9. The Labute approximate surface area is 184 Å². The molecule has 0 amide bonds. The molecule has 3 saturated carbocycles. The van der Waals surface area contributed by atoms with Gasteiger partial charge < -0.3 is 14.9 Å². The molecule has 4 aliphatic rings. The molecule has 7 heteroatoms. The number of hydrogen-bond acceptors (Lipinski definition) is 6. The van der Waals surface area contributed by atoms with Crippen LogP contribution in [0, 0.1) is 28.6 Å². The molecule has 0 aromatic heterocycles. The first-order valence-electron chi connectivity index (χ1n) is 10.6. The zero-order valence-corrected chi connectivity index (χ0v) is 19.2. The summed E-state index contributed by atoms with van der Waals surface area (Å²) >= 11 is 3.38. The Bertz CT molecular complexity index is 877. The lowest BCUT2D eigenvalue weighted by atomic mass is 9.46. The number of carbonyl (C=O) groups excluding carboxylic acids is 3. The molecule has 30 heavy (non-hydrogen) atoms.